The third kappa shape index (κ3) is 41.9. The molecule has 0 aliphatic rings. The Morgan fingerprint density at radius 2 is 0.743 bits per heavy atom. The van der Waals surface area contributed by atoms with E-state index in [4.69, 9.17) is 49.1 Å². The number of carbonyl (C=O) groups excluding carboxylic acids is 2. The van der Waals surface area contributed by atoms with Crippen molar-refractivity contribution in [3.05, 3.63) is 207 Å². The first-order valence-corrected chi connectivity index (χ1v) is 53.2. The zero-order chi connectivity index (χ0) is 102. The number of hydrogen-bond acceptors (Lipinski definition) is 21. The minimum absolute atomic E-state index is 0.130. The number of phenols is 7. The van der Waals surface area contributed by atoms with E-state index in [0.717, 1.165) is 128 Å². The summed E-state index contributed by atoms with van der Waals surface area (Å²) in [5.41, 5.74) is 10.6. The van der Waals surface area contributed by atoms with Crippen LogP contribution >= 0.6 is 11.6 Å². The number of anilines is 2. The summed E-state index contributed by atoms with van der Waals surface area (Å²) in [7, 11) is 0. The lowest BCUT2D eigenvalue weighted by molar-refractivity contribution is -0.144. The number of hydrogen-bond donors (Lipinski definition) is 9. The average Bonchev–Trinajstić information content (AvgIpc) is 1.24. The van der Waals surface area contributed by atoms with E-state index >= 15 is 0 Å². The van der Waals surface area contributed by atoms with Crippen molar-refractivity contribution >= 4 is 79.5 Å². The van der Waals surface area contributed by atoms with Crippen LogP contribution in [0.2, 0.25) is 5.02 Å². The predicted molar refractivity (Wildman–Crippen MR) is 568 cm³/mol. The molecule has 0 aliphatic heterocycles. The third-order valence-corrected chi connectivity index (χ3v) is 26.0. The highest BCUT2D eigenvalue weighted by atomic mass is 35.5. The van der Waals surface area contributed by atoms with Crippen molar-refractivity contribution in [1.29, 1.82) is 0 Å². The number of unbranched alkanes of at least 4 members (excludes halogenated alkanes) is 24. The van der Waals surface area contributed by atoms with Crippen LogP contribution in [-0.4, -0.2) is 113 Å². The summed E-state index contributed by atoms with van der Waals surface area (Å²) in [4.78, 5) is 27.1. The second-order valence-corrected chi connectivity index (χ2v) is 39.6. The number of rotatable bonds is 56. The van der Waals surface area contributed by atoms with Gasteiger partial charge in [0.25, 0.3) is 0 Å². The molecule has 0 amide bonds. The number of fused-ring (bicyclic) bond motifs is 2. The summed E-state index contributed by atoms with van der Waals surface area (Å²) in [5, 5.41) is 88.9. The molecule has 0 bridgehead atoms. The largest absolute Gasteiger partial charge is 0.508 e. The van der Waals surface area contributed by atoms with Gasteiger partial charge in [-0.15, -0.1) is 30.0 Å². The van der Waals surface area contributed by atoms with E-state index in [1.54, 1.807) is 98.8 Å². The van der Waals surface area contributed by atoms with Gasteiger partial charge in [0.1, 0.15) is 96.7 Å². The van der Waals surface area contributed by atoms with Crippen molar-refractivity contribution in [3.63, 3.8) is 0 Å². The van der Waals surface area contributed by atoms with Crippen LogP contribution in [0.4, 0.5) is 11.4 Å². The van der Waals surface area contributed by atoms with Gasteiger partial charge in [-0.25, -0.2) is 0 Å². The predicted octanol–water partition coefficient (Wildman–Crippen LogP) is 28.9. The van der Waals surface area contributed by atoms with Crippen molar-refractivity contribution in [1.82, 2.24) is 30.0 Å². The number of nitrogens with zero attached hydrogens (tertiary/aromatic N) is 6. The number of benzene rings is 9. The van der Waals surface area contributed by atoms with Gasteiger partial charge < -0.3 is 63.1 Å². The number of phenolic OH excluding ortho intramolecular Hbond substituents is 7. The highest BCUT2D eigenvalue weighted by molar-refractivity contribution is 7.82. The van der Waals surface area contributed by atoms with Crippen LogP contribution in [0.1, 0.15) is 332 Å². The van der Waals surface area contributed by atoms with Gasteiger partial charge in [0.05, 0.1) is 37.8 Å². The van der Waals surface area contributed by atoms with E-state index < -0.39 is 33.4 Å². The monoisotopic (exact) mass is 1990 g/mol. The number of nitrogens with one attached hydrogen (secondary N) is 2. The Bertz CT molecular complexity index is 5420. The average molecular weight is 1990 g/mol. The Labute approximate surface area is 841 Å². The second kappa shape index (κ2) is 62.8. The van der Waals surface area contributed by atoms with E-state index in [1.165, 1.54) is 143 Å². The summed E-state index contributed by atoms with van der Waals surface area (Å²) >= 11 is 2.03. The molecule has 2 unspecified atom stereocenters. The van der Waals surface area contributed by atoms with Crippen LogP contribution in [0.15, 0.2) is 158 Å². The Hall–Kier alpha value is -11.3. The number of aryl methyl sites for hydroxylation is 6. The van der Waals surface area contributed by atoms with Crippen molar-refractivity contribution in [2.45, 2.75) is 339 Å². The molecule has 0 saturated carbocycles. The van der Waals surface area contributed by atoms with Gasteiger partial charge in [0, 0.05) is 29.0 Å². The molecule has 0 aliphatic carbocycles. The standard InChI is InChI=1S/C42H64N2O7S2.C32H54O6.C16H16ClN3O.C14H13N3O.C8H10O2/c1-3-5-7-9-11-13-15-17-19-21-33-48-37-24-28-39(29-25-37)50-52(46)43-36-23-32-42(45)41(35-36)44-53(47)51-40-30-26-38(27-31-40)49-34-22-20-18-16-14-12-10-8-6-4-2;1-7-9-11-13-21-37-29(35)17-15-19-31(3,4)25-23-28(34)26(24-27(25)33)32(5,6)20-16-18-30(36)38-22-14-12-10-8-2;1-3-4-11-7-10(2)16(21)15(8-11)20-18-13-6-5-12(17)9-14(13)19-20;1-9-7-10(2)14(18)13(8-9)17-15-11-5-3-4-6-12(11)16-17;1-5-3-8(10)6(2)4-7(5)9/h23-32,35,43-45H,3-22,33-34H2,1-2H3;23-24,33-34H,7-22H2,1-6H3;5-9,21H,3-4H2,1-2H3;3-8,18H,1-2H3;3-4,9-10H,1-2H3. The smallest absolute Gasteiger partial charge is 0.316 e. The molecule has 2 atom stereocenters. The summed E-state index contributed by atoms with van der Waals surface area (Å²) in [6.07, 6.45) is 39.5. The number of esters is 2. The summed E-state index contributed by atoms with van der Waals surface area (Å²) < 4.78 is 64.1. The van der Waals surface area contributed by atoms with Gasteiger partial charge in [0.2, 0.25) is 0 Å². The van der Waals surface area contributed by atoms with Crippen molar-refractivity contribution in [3.8, 4) is 74.6 Å². The van der Waals surface area contributed by atoms with Gasteiger partial charge in [-0.2, -0.15) is 8.42 Å². The molecule has 9 aromatic carbocycles. The topological polar surface area (TPSA) is 351 Å². The van der Waals surface area contributed by atoms with E-state index in [2.05, 4.69) is 64.5 Å². The number of halogens is 1. The molecule has 140 heavy (non-hydrogen) atoms. The Balaban J connectivity index is 0.000000263. The lowest BCUT2D eigenvalue weighted by Crippen LogP contribution is -2.21. The van der Waals surface area contributed by atoms with Gasteiger partial charge in [-0.1, -0.05) is 259 Å². The van der Waals surface area contributed by atoms with Crippen LogP contribution in [-0.2, 0) is 58.8 Å². The van der Waals surface area contributed by atoms with Crippen LogP contribution in [0.3, 0.4) is 0 Å². The van der Waals surface area contributed by atoms with Gasteiger partial charge in [-0.05, 0) is 270 Å². The number of carbonyl (C=O) groups is 2. The molecule has 2 aromatic heterocycles. The third-order valence-electron chi connectivity index (χ3n) is 24.3. The van der Waals surface area contributed by atoms with E-state index in [0.29, 0.717) is 126 Å². The molecule has 9 N–H and O–H groups in total. The van der Waals surface area contributed by atoms with E-state index in [9.17, 15) is 43.5 Å². The molecular formula is C112H157ClN8O17S2. The lowest BCUT2D eigenvalue weighted by atomic mass is 9.75. The highest BCUT2D eigenvalue weighted by Gasteiger charge is 2.31. The fourth-order valence-corrected chi connectivity index (χ4v) is 17.4. The van der Waals surface area contributed by atoms with Crippen LogP contribution < -0.4 is 27.3 Å². The number of aromatic nitrogens is 6. The molecule has 11 rings (SSSR count). The molecule has 0 radical (unpaired) electrons. The van der Waals surface area contributed by atoms with Crippen molar-refractivity contribution in [2.24, 2.45) is 0 Å². The lowest BCUT2D eigenvalue weighted by Gasteiger charge is -2.30. The molecule has 11 aromatic rings. The summed E-state index contributed by atoms with van der Waals surface area (Å²) in [6.45, 7) is 30.5. The molecule has 766 valence electrons. The zero-order valence-electron chi connectivity index (χ0n) is 85.4. The zero-order valence-corrected chi connectivity index (χ0v) is 87.8. The first-order valence-electron chi connectivity index (χ1n) is 50.6. The molecule has 28 heteroatoms. The number of ether oxygens (including phenoxy) is 4. The normalized spacial score (nSPS) is 11.7. The fourth-order valence-electron chi connectivity index (χ4n) is 15.9. The van der Waals surface area contributed by atoms with Crippen LogP contribution in [0, 0.1) is 34.6 Å². The molecule has 25 nitrogen and oxygen atoms in total. The maximum absolute atomic E-state index is 12.7. The van der Waals surface area contributed by atoms with Gasteiger partial charge in [-0.3, -0.25) is 19.0 Å². The first-order chi connectivity index (χ1) is 67.2. The molecule has 0 spiro atoms. The quantitative estimate of drug-likeness (QED) is 0.00740. The Morgan fingerprint density at radius 1 is 0.364 bits per heavy atom. The first kappa shape index (κ1) is 116. The number of aromatic hydroxyl groups is 7. The SMILES string of the molecule is CCCCCCCCCCCCOc1ccc(OS(=O)Nc2ccc(O)c(NS(=O)Oc3ccc(OCCCCCCCCCCCC)cc3)c2)cc1.CCCCCCOC(=O)CCCC(C)(C)c1cc(O)c(C(C)(C)CCCC(=O)OCCCCCC)cc1O.CCCc1cc(C)c(O)c(-n2nc3ccc(Cl)cc3n2)c1.Cc1cc(C)c(O)c(-n2nc3ccccc3n2)c1.Cc1cc(O)c(C)cc1O. The van der Waals surface area contributed by atoms with Crippen LogP contribution in [0.5, 0.6) is 63.2 Å². The van der Waals surface area contributed by atoms with Crippen molar-refractivity contribution < 1.29 is 81.1 Å². The Kier molecular flexibility index (Phi) is 51.9. The molecule has 2 heterocycles. The summed E-state index contributed by atoms with van der Waals surface area (Å²) in [6, 6.07) is 45.5. The minimum atomic E-state index is -2.01. The highest BCUT2D eigenvalue weighted by Crippen LogP contribution is 2.44. The molecule has 0 fully saturated rings. The maximum Gasteiger partial charge on any atom is 0.316 e. The van der Waals surface area contributed by atoms with E-state index in [-0.39, 0.29) is 57.9 Å². The van der Waals surface area contributed by atoms with Crippen molar-refractivity contribution in [2.75, 3.05) is 35.9 Å². The molecule has 0 saturated heterocycles. The Morgan fingerprint density at radius 3 is 1.18 bits per heavy atom. The molecular weight excluding hydrogens is 1830 g/mol. The maximum atomic E-state index is 12.7. The minimum Gasteiger partial charge on any atom is -0.508 e. The van der Waals surface area contributed by atoms with Gasteiger partial charge in [0.15, 0.2) is 0 Å². The fraction of sp³-hybridized carbons (Fsp3) is 0.500. The van der Waals surface area contributed by atoms with E-state index in [1.807, 2.05) is 103 Å². The van der Waals surface area contributed by atoms with Crippen LogP contribution in [0.25, 0.3) is 33.4 Å². The van der Waals surface area contributed by atoms with Gasteiger partial charge >= 0.3 is 34.5 Å². The second-order valence-electron chi connectivity index (χ2n) is 37.5. The summed E-state index contributed by atoms with van der Waals surface area (Å²) in [5.74, 6) is 2.91.